The van der Waals surface area contributed by atoms with Crippen molar-refractivity contribution in [3.63, 3.8) is 0 Å². The molecule has 2 aromatic carbocycles. The van der Waals surface area contributed by atoms with Gasteiger partial charge in [-0.05, 0) is 29.2 Å². The summed E-state index contributed by atoms with van der Waals surface area (Å²) in [6, 6.07) is 16.7. The summed E-state index contributed by atoms with van der Waals surface area (Å²) in [5, 5.41) is 3.55. The monoisotopic (exact) mass is 378 g/mol. The molecule has 0 spiro atoms. The molecule has 0 aromatic heterocycles. The standard InChI is InChI=1S/C21H25F3N2O/c1-15(2)19-14-26(13-12-25-19)20(16-6-4-3-5-7-16)17-8-10-18(11-9-17)27-21(22,23)24/h3-11,15,19-20,25H,12-14H2,1-2H3. The van der Waals surface area contributed by atoms with Crippen LogP contribution < -0.4 is 10.1 Å². The van der Waals surface area contributed by atoms with Crippen molar-refractivity contribution in [2.75, 3.05) is 19.6 Å². The van der Waals surface area contributed by atoms with Gasteiger partial charge in [0.25, 0.3) is 0 Å². The molecular weight excluding hydrogens is 353 g/mol. The van der Waals surface area contributed by atoms with Gasteiger partial charge in [-0.25, -0.2) is 0 Å². The third kappa shape index (κ3) is 5.23. The Hall–Kier alpha value is -2.05. The van der Waals surface area contributed by atoms with Gasteiger partial charge in [0.1, 0.15) is 5.75 Å². The molecule has 1 saturated heterocycles. The molecule has 1 aliphatic heterocycles. The van der Waals surface area contributed by atoms with Gasteiger partial charge in [0, 0.05) is 25.7 Å². The van der Waals surface area contributed by atoms with Crippen LogP contribution in [-0.2, 0) is 0 Å². The molecule has 0 saturated carbocycles. The zero-order valence-corrected chi connectivity index (χ0v) is 15.5. The highest BCUT2D eigenvalue weighted by atomic mass is 19.4. The summed E-state index contributed by atoms with van der Waals surface area (Å²) in [4.78, 5) is 2.40. The lowest BCUT2D eigenvalue weighted by atomic mass is 9.94. The fourth-order valence-electron chi connectivity index (χ4n) is 3.58. The van der Waals surface area contributed by atoms with Gasteiger partial charge < -0.3 is 10.1 Å². The number of alkyl halides is 3. The number of nitrogens with zero attached hydrogens (tertiary/aromatic N) is 1. The highest BCUT2D eigenvalue weighted by Gasteiger charge is 2.32. The number of benzene rings is 2. The minimum atomic E-state index is -4.68. The van der Waals surface area contributed by atoms with Gasteiger partial charge in [0.2, 0.25) is 0 Å². The number of nitrogens with one attached hydrogen (secondary N) is 1. The molecule has 1 heterocycles. The molecule has 2 atom stereocenters. The fraction of sp³-hybridized carbons (Fsp3) is 0.429. The lowest BCUT2D eigenvalue weighted by Gasteiger charge is -2.40. The molecule has 1 aliphatic rings. The van der Waals surface area contributed by atoms with Crippen LogP contribution in [0.4, 0.5) is 13.2 Å². The maximum Gasteiger partial charge on any atom is 0.573 e. The van der Waals surface area contributed by atoms with Gasteiger partial charge >= 0.3 is 6.36 Å². The van der Waals surface area contributed by atoms with E-state index in [1.54, 1.807) is 12.1 Å². The van der Waals surface area contributed by atoms with E-state index in [9.17, 15) is 13.2 Å². The van der Waals surface area contributed by atoms with Crippen molar-refractivity contribution in [3.8, 4) is 5.75 Å². The van der Waals surface area contributed by atoms with E-state index in [0.717, 1.165) is 30.8 Å². The number of rotatable bonds is 5. The van der Waals surface area contributed by atoms with Crippen molar-refractivity contribution in [1.82, 2.24) is 10.2 Å². The molecule has 0 aliphatic carbocycles. The fourth-order valence-corrected chi connectivity index (χ4v) is 3.58. The first kappa shape index (κ1) is 19.7. The number of piperazine rings is 1. The molecule has 1 N–H and O–H groups in total. The van der Waals surface area contributed by atoms with Crippen molar-refractivity contribution < 1.29 is 17.9 Å². The lowest BCUT2D eigenvalue weighted by Crippen LogP contribution is -2.53. The zero-order chi connectivity index (χ0) is 19.4. The Balaban J connectivity index is 1.89. The van der Waals surface area contributed by atoms with Gasteiger partial charge in [-0.2, -0.15) is 0 Å². The lowest BCUT2D eigenvalue weighted by molar-refractivity contribution is -0.274. The van der Waals surface area contributed by atoms with Crippen LogP contribution in [0.3, 0.4) is 0 Å². The van der Waals surface area contributed by atoms with E-state index in [-0.39, 0.29) is 11.8 Å². The van der Waals surface area contributed by atoms with Crippen LogP contribution >= 0.6 is 0 Å². The summed E-state index contributed by atoms with van der Waals surface area (Å²) in [5.41, 5.74) is 2.09. The Bertz CT molecular complexity index is 716. The molecule has 2 unspecified atom stereocenters. The highest BCUT2D eigenvalue weighted by molar-refractivity contribution is 5.36. The van der Waals surface area contributed by atoms with E-state index in [1.165, 1.54) is 12.1 Å². The largest absolute Gasteiger partial charge is 0.573 e. The quantitative estimate of drug-likeness (QED) is 0.823. The summed E-state index contributed by atoms with van der Waals surface area (Å²) in [7, 11) is 0. The average Bonchev–Trinajstić information content (AvgIpc) is 2.63. The van der Waals surface area contributed by atoms with Crippen molar-refractivity contribution in [2.24, 2.45) is 5.92 Å². The van der Waals surface area contributed by atoms with Crippen molar-refractivity contribution in [3.05, 3.63) is 65.7 Å². The highest BCUT2D eigenvalue weighted by Crippen LogP contribution is 2.32. The Kier molecular flexibility index (Phi) is 6.07. The average molecular weight is 378 g/mol. The molecule has 6 heteroatoms. The van der Waals surface area contributed by atoms with E-state index in [4.69, 9.17) is 0 Å². The predicted molar refractivity (Wildman–Crippen MR) is 99.6 cm³/mol. The van der Waals surface area contributed by atoms with Gasteiger partial charge in [0.05, 0.1) is 6.04 Å². The summed E-state index contributed by atoms with van der Waals surface area (Å²) in [6.45, 7) is 7.05. The van der Waals surface area contributed by atoms with Gasteiger partial charge in [-0.1, -0.05) is 56.3 Å². The second kappa shape index (κ2) is 8.31. The number of ether oxygens (including phenoxy) is 1. The summed E-state index contributed by atoms with van der Waals surface area (Å²) < 4.78 is 41.3. The molecule has 0 bridgehead atoms. The molecule has 0 radical (unpaired) electrons. The van der Waals surface area contributed by atoms with E-state index < -0.39 is 6.36 Å². The molecule has 27 heavy (non-hydrogen) atoms. The second-order valence-electron chi connectivity index (χ2n) is 7.23. The third-order valence-corrected chi connectivity index (χ3v) is 4.95. The second-order valence-corrected chi connectivity index (χ2v) is 7.23. The van der Waals surface area contributed by atoms with Crippen molar-refractivity contribution in [2.45, 2.75) is 32.3 Å². The van der Waals surface area contributed by atoms with Crippen LogP contribution in [0.25, 0.3) is 0 Å². The van der Waals surface area contributed by atoms with Crippen molar-refractivity contribution >= 4 is 0 Å². The molecule has 2 aromatic rings. The van der Waals surface area contributed by atoms with Crippen LogP contribution in [-0.4, -0.2) is 36.9 Å². The first-order valence-corrected chi connectivity index (χ1v) is 9.21. The Morgan fingerprint density at radius 2 is 1.63 bits per heavy atom. The maximum absolute atomic E-state index is 12.4. The van der Waals surface area contributed by atoms with Crippen LogP contribution in [0.15, 0.2) is 54.6 Å². The molecule has 146 valence electrons. The smallest absolute Gasteiger partial charge is 0.406 e. The third-order valence-electron chi connectivity index (χ3n) is 4.95. The van der Waals surface area contributed by atoms with Crippen LogP contribution in [0.1, 0.15) is 31.0 Å². The van der Waals surface area contributed by atoms with Crippen LogP contribution in [0, 0.1) is 5.92 Å². The van der Waals surface area contributed by atoms with E-state index in [0.29, 0.717) is 12.0 Å². The molecule has 3 nitrogen and oxygen atoms in total. The van der Waals surface area contributed by atoms with Gasteiger partial charge in [-0.3, -0.25) is 4.90 Å². The number of hydrogen-bond acceptors (Lipinski definition) is 3. The van der Waals surface area contributed by atoms with Crippen LogP contribution in [0.5, 0.6) is 5.75 Å². The van der Waals surface area contributed by atoms with E-state index in [2.05, 4.69) is 40.9 Å². The van der Waals surface area contributed by atoms with Gasteiger partial charge in [-0.15, -0.1) is 13.2 Å². The SMILES string of the molecule is CC(C)C1CN(C(c2ccccc2)c2ccc(OC(F)(F)F)cc2)CCN1. The molecular formula is C21H25F3N2O. The summed E-state index contributed by atoms with van der Waals surface area (Å²) >= 11 is 0. The molecule has 1 fully saturated rings. The predicted octanol–water partition coefficient (Wildman–Crippen LogP) is 4.60. The Labute approximate surface area is 158 Å². The maximum atomic E-state index is 12.4. The number of halogens is 3. The summed E-state index contributed by atoms with van der Waals surface area (Å²) in [6.07, 6.45) is -4.68. The minimum Gasteiger partial charge on any atom is -0.406 e. The van der Waals surface area contributed by atoms with Crippen LogP contribution in [0.2, 0.25) is 0 Å². The normalized spacial score (nSPS) is 19.9. The zero-order valence-electron chi connectivity index (χ0n) is 15.5. The Morgan fingerprint density at radius 3 is 2.22 bits per heavy atom. The Morgan fingerprint density at radius 1 is 1.00 bits per heavy atom. The first-order chi connectivity index (χ1) is 12.8. The number of hydrogen-bond donors (Lipinski definition) is 1. The molecule has 3 rings (SSSR count). The first-order valence-electron chi connectivity index (χ1n) is 9.21. The van der Waals surface area contributed by atoms with Crippen molar-refractivity contribution in [1.29, 1.82) is 0 Å². The molecule has 0 amide bonds. The van der Waals surface area contributed by atoms with E-state index >= 15 is 0 Å². The topological polar surface area (TPSA) is 24.5 Å². The summed E-state index contributed by atoms with van der Waals surface area (Å²) in [5.74, 6) is 0.310. The van der Waals surface area contributed by atoms with Gasteiger partial charge in [0.15, 0.2) is 0 Å². The van der Waals surface area contributed by atoms with E-state index in [1.807, 2.05) is 18.2 Å². The minimum absolute atomic E-state index is 0.00510.